The molecule has 16 heavy (non-hydrogen) atoms. The molecule has 90 valence electrons. The number of aliphatic hydroxyl groups excluding tert-OH is 1. The zero-order valence-electron chi connectivity index (χ0n) is 10.3. The highest BCUT2D eigenvalue weighted by atomic mass is 35.5. The van der Waals surface area contributed by atoms with Gasteiger partial charge in [-0.1, -0.05) is 37.6 Å². The van der Waals surface area contributed by atoms with Gasteiger partial charge < -0.3 is 10.4 Å². The molecule has 0 fully saturated rings. The SMILES string of the molecule is Cc1cc(C(O)C(C)NC(C)C)ccc1Cl. The molecule has 1 rings (SSSR count). The monoisotopic (exact) mass is 241 g/mol. The minimum absolute atomic E-state index is 0.0283. The van der Waals surface area contributed by atoms with Gasteiger partial charge in [-0.3, -0.25) is 0 Å². The maximum Gasteiger partial charge on any atom is 0.0940 e. The van der Waals surface area contributed by atoms with E-state index >= 15 is 0 Å². The lowest BCUT2D eigenvalue weighted by Gasteiger charge is -2.23. The summed E-state index contributed by atoms with van der Waals surface area (Å²) in [6, 6.07) is 6.03. The average Bonchev–Trinajstić information content (AvgIpc) is 2.20. The molecule has 1 aromatic rings. The van der Waals surface area contributed by atoms with E-state index < -0.39 is 6.10 Å². The van der Waals surface area contributed by atoms with Crippen molar-refractivity contribution < 1.29 is 5.11 Å². The van der Waals surface area contributed by atoms with Crippen LogP contribution >= 0.6 is 11.6 Å². The second kappa shape index (κ2) is 5.67. The molecule has 2 atom stereocenters. The van der Waals surface area contributed by atoms with Crippen LogP contribution in [-0.4, -0.2) is 17.2 Å². The highest BCUT2D eigenvalue weighted by Crippen LogP contribution is 2.22. The summed E-state index contributed by atoms with van der Waals surface area (Å²) >= 11 is 5.95. The van der Waals surface area contributed by atoms with E-state index in [-0.39, 0.29) is 6.04 Å². The molecule has 0 heterocycles. The molecule has 0 saturated carbocycles. The molecule has 1 aromatic carbocycles. The molecular weight excluding hydrogens is 222 g/mol. The van der Waals surface area contributed by atoms with E-state index in [9.17, 15) is 5.11 Å². The van der Waals surface area contributed by atoms with Crippen LogP contribution in [0.15, 0.2) is 18.2 Å². The quantitative estimate of drug-likeness (QED) is 0.849. The standard InChI is InChI=1S/C13H20ClNO/c1-8(2)15-10(4)13(16)11-5-6-12(14)9(3)7-11/h5-8,10,13,15-16H,1-4H3. The molecule has 0 aliphatic heterocycles. The van der Waals surface area contributed by atoms with E-state index in [1.807, 2.05) is 32.0 Å². The van der Waals surface area contributed by atoms with Gasteiger partial charge in [0.05, 0.1) is 6.10 Å². The smallest absolute Gasteiger partial charge is 0.0940 e. The van der Waals surface area contributed by atoms with Crippen molar-refractivity contribution in [2.75, 3.05) is 0 Å². The second-order valence-electron chi connectivity index (χ2n) is 4.56. The van der Waals surface area contributed by atoms with Crippen molar-refractivity contribution in [1.29, 1.82) is 0 Å². The van der Waals surface area contributed by atoms with Crippen molar-refractivity contribution in [2.24, 2.45) is 0 Å². The van der Waals surface area contributed by atoms with Crippen molar-refractivity contribution in [3.63, 3.8) is 0 Å². The lowest BCUT2D eigenvalue weighted by Crippen LogP contribution is -2.36. The Bertz CT molecular complexity index is 352. The fourth-order valence-corrected chi connectivity index (χ4v) is 1.88. The number of halogens is 1. The van der Waals surface area contributed by atoms with Crippen LogP contribution in [0.2, 0.25) is 5.02 Å². The molecule has 0 aliphatic rings. The molecule has 0 radical (unpaired) electrons. The van der Waals surface area contributed by atoms with Gasteiger partial charge in [-0.25, -0.2) is 0 Å². The Balaban J connectivity index is 2.79. The van der Waals surface area contributed by atoms with Crippen LogP contribution in [-0.2, 0) is 0 Å². The second-order valence-corrected chi connectivity index (χ2v) is 4.97. The molecule has 0 spiro atoms. The third-order valence-electron chi connectivity index (χ3n) is 2.59. The van der Waals surface area contributed by atoms with Crippen LogP contribution < -0.4 is 5.32 Å². The highest BCUT2D eigenvalue weighted by molar-refractivity contribution is 6.31. The highest BCUT2D eigenvalue weighted by Gasteiger charge is 2.17. The minimum atomic E-state index is -0.502. The van der Waals surface area contributed by atoms with Crippen molar-refractivity contribution in [3.05, 3.63) is 34.3 Å². The molecule has 0 aliphatic carbocycles. The summed E-state index contributed by atoms with van der Waals surface area (Å²) in [6.45, 7) is 8.06. The van der Waals surface area contributed by atoms with Crippen molar-refractivity contribution in [2.45, 2.75) is 45.9 Å². The zero-order valence-corrected chi connectivity index (χ0v) is 11.0. The molecule has 0 saturated heterocycles. The van der Waals surface area contributed by atoms with Crippen LogP contribution in [0.25, 0.3) is 0 Å². The largest absolute Gasteiger partial charge is 0.387 e. The van der Waals surface area contributed by atoms with Gasteiger partial charge in [0.2, 0.25) is 0 Å². The van der Waals surface area contributed by atoms with Crippen LogP contribution in [0.3, 0.4) is 0 Å². The van der Waals surface area contributed by atoms with E-state index in [2.05, 4.69) is 19.2 Å². The lowest BCUT2D eigenvalue weighted by molar-refractivity contribution is 0.131. The third kappa shape index (κ3) is 3.48. The molecule has 2 nitrogen and oxygen atoms in total. The number of hydrogen-bond acceptors (Lipinski definition) is 2. The summed E-state index contributed by atoms with van der Waals surface area (Å²) in [7, 11) is 0. The Kier molecular flexibility index (Phi) is 4.78. The summed E-state index contributed by atoms with van der Waals surface area (Å²) in [5, 5.41) is 14.2. The number of hydrogen-bond donors (Lipinski definition) is 2. The molecular formula is C13H20ClNO. The van der Waals surface area contributed by atoms with Gasteiger partial charge in [0, 0.05) is 17.1 Å². The van der Waals surface area contributed by atoms with Crippen LogP contribution in [0.1, 0.15) is 38.0 Å². The van der Waals surface area contributed by atoms with Crippen molar-refractivity contribution in [3.8, 4) is 0 Å². The van der Waals surface area contributed by atoms with Gasteiger partial charge in [0.25, 0.3) is 0 Å². The Morgan fingerprint density at radius 3 is 2.38 bits per heavy atom. The van der Waals surface area contributed by atoms with E-state index in [0.717, 1.165) is 16.1 Å². The van der Waals surface area contributed by atoms with Crippen LogP contribution in [0, 0.1) is 6.92 Å². The number of aryl methyl sites for hydroxylation is 1. The minimum Gasteiger partial charge on any atom is -0.387 e. The summed E-state index contributed by atoms with van der Waals surface area (Å²) in [5.41, 5.74) is 1.90. The predicted octanol–water partition coefficient (Wildman–Crippen LogP) is 3.07. The van der Waals surface area contributed by atoms with Gasteiger partial charge in [0.1, 0.15) is 0 Å². The van der Waals surface area contributed by atoms with Crippen LogP contribution in [0.4, 0.5) is 0 Å². The average molecular weight is 242 g/mol. The first kappa shape index (κ1) is 13.5. The number of rotatable bonds is 4. The van der Waals surface area contributed by atoms with Gasteiger partial charge in [-0.05, 0) is 31.0 Å². The first-order valence-electron chi connectivity index (χ1n) is 5.62. The molecule has 2 unspecified atom stereocenters. The van der Waals surface area contributed by atoms with E-state index in [0.29, 0.717) is 6.04 Å². The van der Waals surface area contributed by atoms with Crippen LogP contribution in [0.5, 0.6) is 0 Å². The zero-order chi connectivity index (χ0) is 12.3. The third-order valence-corrected chi connectivity index (χ3v) is 3.02. The van der Waals surface area contributed by atoms with Crippen molar-refractivity contribution >= 4 is 11.6 Å². The first-order valence-corrected chi connectivity index (χ1v) is 5.99. The molecule has 2 N–H and O–H groups in total. The predicted molar refractivity (Wildman–Crippen MR) is 68.9 cm³/mol. The Hall–Kier alpha value is -0.570. The maximum absolute atomic E-state index is 10.1. The van der Waals surface area contributed by atoms with Gasteiger partial charge >= 0.3 is 0 Å². The fraction of sp³-hybridized carbons (Fsp3) is 0.538. The van der Waals surface area contributed by atoms with Gasteiger partial charge in [0.15, 0.2) is 0 Å². The van der Waals surface area contributed by atoms with Crippen molar-refractivity contribution in [1.82, 2.24) is 5.32 Å². The number of nitrogens with one attached hydrogen (secondary N) is 1. The Morgan fingerprint density at radius 1 is 1.25 bits per heavy atom. The first-order chi connectivity index (χ1) is 7.41. The fourth-order valence-electron chi connectivity index (χ4n) is 1.76. The molecule has 0 amide bonds. The normalized spacial score (nSPS) is 15.2. The number of aliphatic hydroxyl groups is 1. The Morgan fingerprint density at radius 2 is 1.88 bits per heavy atom. The molecule has 0 bridgehead atoms. The number of benzene rings is 1. The molecule has 0 aromatic heterocycles. The summed E-state index contributed by atoms with van der Waals surface area (Å²) in [4.78, 5) is 0. The summed E-state index contributed by atoms with van der Waals surface area (Å²) < 4.78 is 0. The van der Waals surface area contributed by atoms with E-state index in [4.69, 9.17) is 11.6 Å². The topological polar surface area (TPSA) is 32.3 Å². The Labute approximate surface area is 103 Å². The lowest BCUT2D eigenvalue weighted by atomic mass is 10.0. The van der Waals surface area contributed by atoms with E-state index in [1.165, 1.54) is 0 Å². The van der Waals surface area contributed by atoms with Gasteiger partial charge in [-0.15, -0.1) is 0 Å². The summed E-state index contributed by atoms with van der Waals surface area (Å²) in [6.07, 6.45) is -0.502. The summed E-state index contributed by atoms with van der Waals surface area (Å²) in [5.74, 6) is 0. The van der Waals surface area contributed by atoms with Gasteiger partial charge in [-0.2, -0.15) is 0 Å². The maximum atomic E-state index is 10.1. The molecule has 3 heteroatoms. The van der Waals surface area contributed by atoms with E-state index in [1.54, 1.807) is 0 Å².